The molecule has 0 amide bonds. The third-order valence-electron chi connectivity index (χ3n) is 2.38. The van der Waals surface area contributed by atoms with Crippen LogP contribution in [-0.4, -0.2) is 33.3 Å². The van der Waals surface area contributed by atoms with Crippen LogP contribution in [0.5, 0.6) is 5.75 Å². The largest absolute Gasteiger partial charge is 0.496 e. The first-order chi connectivity index (χ1) is 6.92. The van der Waals surface area contributed by atoms with Gasteiger partial charge in [0.05, 0.1) is 7.11 Å². The van der Waals surface area contributed by atoms with Gasteiger partial charge in [-0.05, 0) is 17.7 Å². The molecule has 76 valence electrons. The standard InChI is InChI=1S/C7H6O.C4H10N2/c1-8-7-3-2-5-4-6(5)7;1-2-6-4-3-5-1/h2-4H,1H3;5-6H,1-4H2. The van der Waals surface area contributed by atoms with Crippen LogP contribution < -0.4 is 15.4 Å². The van der Waals surface area contributed by atoms with E-state index >= 15 is 0 Å². The molecule has 0 aromatic heterocycles. The van der Waals surface area contributed by atoms with Crippen molar-refractivity contribution >= 4 is 0 Å². The van der Waals surface area contributed by atoms with Crippen LogP contribution in [0.1, 0.15) is 0 Å². The van der Waals surface area contributed by atoms with Crippen LogP contribution in [0.25, 0.3) is 11.1 Å². The second-order valence-corrected chi connectivity index (χ2v) is 3.42. The van der Waals surface area contributed by atoms with Gasteiger partial charge in [0.15, 0.2) is 0 Å². The average Bonchev–Trinajstić information content (AvgIpc) is 2.94. The monoisotopic (exact) mass is 192 g/mol. The summed E-state index contributed by atoms with van der Waals surface area (Å²) in [6.45, 7) is 4.56. The molecule has 1 aliphatic heterocycles. The zero-order chi connectivity index (χ0) is 9.80. The lowest BCUT2D eigenvalue weighted by molar-refractivity contribution is 0.418. The minimum atomic E-state index is 1.01. The lowest BCUT2D eigenvalue weighted by Gasteiger charge is -2.11. The quantitative estimate of drug-likeness (QED) is 0.703. The Morgan fingerprint density at radius 3 is 1.93 bits per heavy atom. The van der Waals surface area contributed by atoms with Crippen molar-refractivity contribution in [1.82, 2.24) is 10.6 Å². The highest BCUT2D eigenvalue weighted by molar-refractivity contribution is 5.87. The van der Waals surface area contributed by atoms with Gasteiger partial charge in [-0.1, -0.05) is 6.07 Å². The maximum absolute atomic E-state index is 5.01. The molecule has 0 saturated carbocycles. The third kappa shape index (κ3) is 2.25. The fourth-order valence-electron chi connectivity index (χ4n) is 1.51. The molecule has 0 bridgehead atoms. The molecule has 2 aliphatic carbocycles. The summed E-state index contributed by atoms with van der Waals surface area (Å²) in [5.74, 6) is 1.01. The van der Waals surface area contributed by atoms with Crippen LogP contribution in [0.15, 0.2) is 18.2 Å². The predicted molar refractivity (Wildman–Crippen MR) is 57.7 cm³/mol. The number of piperazine rings is 1. The normalized spacial score (nSPS) is 16.6. The lowest BCUT2D eigenvalue weighted by atomic mass is 10.4. The molecule has 0 radical (unpaired) electrons. The summed E-state index contributed by atoms with van der Waals surface area (Å²) in [6.07, 6.45) is 0. The first-order valence-electron chi connectivity index (χ1n) is 5.01. The Morgan fingerprint density at radius 1 is 1.07 bits per heavy atom. The number of nitrogens with one attached hydrogen (secondary N) is 2. The summed E-state index contributed by atoms with van der Waals surface area (Å²) in [6, 6.07) is 6.16. The van der Waals surface area contributed by atoms with Crippen LogP contribution >= 0.6 is 0 Å². The van der Waals surface area contributed by atoms with Gasteiger partial charge in [0.2, 0.25) is 0 Å². The highest BCUT2D eigenvalue weighted by atomic mass is 16.5. The summed E-state index contributed by atoms with van der Waals surface area (Å²) < 4.78 is 5.01. The predicted octanol–water partition coefficient (Wildman–Crippen LogP) is 0.855. The van der Waals surface area contributed by atoms with Gasteiger partial charge in [0.25, 0.3) is 0 Å². The summed E-state index contributed by atoms with van der Waals surface area (Å²) in [5, 5.41) is 6.44. The highest BCUT2D eigenvalue weighted by Gasteiger charge is 2.16. The Kier molecular flexibility index (Phi) is 3.01. The molecule has 0 aromatic rings. The molecule has 0 aromatic carbocycles. The number of methoxy groups -OCH3 is 1. The van der Waals surface area contributed by atoms with Crippen LogP contribution in [0, 0.1) is 0 Å². The first kappa shape index (κ1) is 9.49. The highest BCUT2D eigenvalue weighted by Crippen LogP contribution is 2.43. The van der Waals surface area contributed by atoms with Gasteiger partial charge < -0.3 is 15.4 Å². The number of hydrogen-bond acceptors (Lipinski definition) is 3. The Morgan fingerprint density at radius 2 is 1.71 bits per heavy atom. The molecule has 3 rings (SSSR count). The van der Waals surface area contributed by atoms with Gasteiger partial charge in [0, 0.05) is 31.7 Å². The number of hydrogen-bond donors (Lipinski definition) is 2. The third-order valence-corrected chi connectivity index (χ3v) is 2.38. The maximum Gasteiger partial charge on any atom is 0.126 e. The van der Waals surface area contributed by atoms with Crippen LogP contribution in [0.2, 0.25) is 0 Å². The van der Waals surface area contributed by atoms with E-state index in [1.807, 2.05) is 6.07 Å². The number of ether oxygens (including phenoxy) is 1. The van der Waals surface area contributed by atoms with Crippen molar-refractivity contribution < 1.29 is 4.74 Å². The van der Waals surface area contributed by atoms with E-state index in [1.54, 1.807) is 7.11 Å². The lowest BCUT2D eigenvalue weighted by Crippen LogP contribution is -2.39. The van der Waals surface area contributed by atoms with Gasteiger partial charge in [0.1, 0.15) is 5.75 Å². The van der Waals surface area contributed by atoms with E-state index in [0.29, 0.717) is 0 Å². The molecule has 3 nitrogen and oxygen atoms in total. The van der Waals surface area contributed by atoms with Gasteiger partial charge >= 0.3 is 0 Å². The molecule has 1 fully saturated rings. The zero-order valence-corrected chi connectivity index (χ0v) is 8.47. The molecule has 14 heavy (non-hydrogen) atoms. The molecule has 0 spiro atoms. The van der Waals surface area contributed by atoms with Crippen LogP contribution in [0.3, 0.4) is 0 Å². The summed E-state index contributed by atoms with van der Waals surface area (Å²) >= 11 is 0. The van der Waals surface area contributed by atoms with E-state index in [0.717, 1.165) is 31.9 Å². The topological polar surface area (TPSA) is 33.3 Å². The van der Waals surface area contributed by atoms with E-state index in [1.165, 1.54) is 11.1 Å². The SMILES string of the molecule is C1CNCCN1.COc1ccc2cc1-2. The van der Waals surface area contributed by atoms with Crippen molar-refractivity contribution in [3.63, 3.8) is 0 Å². The van der Waals surface area contributed by atoms with Crippen molar-refractivity contribution in [2.45, 2.75) is 0 Å². The maximum atomic E-state index is 5.01. The molecule has 0 unspecified atom stereocenters. The molecule has 2 N–H and O–H groups in total. The molecular formula is C11H16N2O. The summed E-state index contributed by atoms with van der Waals surface area (Å²) in [4.78, 5) is 0. The van der Waals surface area contributed by atoms with E-state index in [2.05, 4.69) is 22.8 Å². The van der Waals surface area contributed by atoms with Gasteiger partial charge in [-0.25, -0.2) is 0 Å². The van der Waals surface area contributed by atoms with Crippen molar-refractivity contribution in [2.24, 2.45) is 0 Å². The fraction of sp³-hybridized carbons (Fsp3) is 0.455. The van der Waals surface area contributed by atoms with Crippen molar-refractivity contribution in [2.75, 3.05) is 33.3 Å². The van der Waals surface area contributed by atoms with E-state index < -0.39 is 0 Å². The molecule has 1 saturated heterocycles. The van der Waals surface area contributed by atoms with E-state index in [4.69, 9.17) is 4.74 Å². The molecular weight excluding hydrogens is 176 g/mol. The molecule has 0 atom stereocenters. The van der Waals surface area contributed by atoms with Gasteiger partial charge in [-0.2, -0.15) is 0 Å². The Labute approximate surface area is 84.5 Å². The minimum absolute atomic E-state index is 1.01. The Hall–Kier alpha value is -1.06. The zero-order valence-electron chi connectivity index (χ0n) is 8.47. The van der Waals surface area contributed by atoms with Gasteiger partial charge in [-0.15, -0.1) is 0 Å². The number of benzene rings is 1. The molecule has 3 aliphatic rings. The van der Waals surface area contributed by atoms with Crippen molar-refractivity contribution in [1.29, 1.82) is 0 Å². The molecule has 1 heterocycles. The van der Waals surface area contributed by atoms with Crippen LogP contribution in [-0.2, 0) is 0 Å². The second kappa shape index (κ2) is 4.44. The molecule has 3 heteroatoms. The summed E-state index contributed by atoms with van der Waals surface area (Å²) in [7, 11) is 1.70. The second-order valence-electron chi connectivity index (χ2n) is 3.42. The Balaban J connectivity index is 0.000000112. The van der Waals surface area contributed by atoms with Crippen molar-refractivity contribution in [3.05, 3.63) is 18.2 Å². The van der Waals surface area contributed by atoms with E-state index in [9.17, 15) is 0 Å². The van der Waals surface area contributed by atoms with E-state index in [-0.39, 0.29) is 0 Å². The van der Waals surface area contributed by atoms with Crippen molar-refractivity contribution in [3.8, 4) is 16.9 Å². The smallest absolute Gasteiger partial charge is 0.126 e. The van der Waals surface area contributed by atoms with Crippen LogP contribution in [0.4, 0.5) is 0 Å². The summed E-state index contributed by atoms with van der Waals surface area (Å²) in [5.41, 5.74) is 2.62. The van der Waals surface area contributed by atoms with Gasteiger partial charge in [-0.3, -0.25) is 0 Å². The Bertz CT molecular complexity index is 297. The minimum Gasteiger partial charge on any atom is -0.496 e. The number of fused-ring (bicyclic) bond motifs is 1. The first-order valence-corrected chi connectivity index (χ1v) is 5.01. The fourth-order valence-corrected chi connectivity index (χ4v) is 1.51. The average molecular weight is 192 g/mol. The number of rotatable bonds is 1.